The number of hydrogen-bond acceptors (Lipinski definition) is 4. The number of anilines is 1. The fraction of sp³-hybridized carbons (Fsp3) is 0.500. The topological polar surface area (TPSA) is 55.9 Å². The van der Waals surface area contributed by atoms with Crippen molar-refractivity contribution in [1.29, 1.82) is 0 Å². The summed E-state index contributed by atoms with van der Waals surface area (Å²) < 4.78 is 0. The summed E-state index contributed by atoms with van der Waals surface area (Å²) in [6.45, 7) is 3.87. The van der Waals surface area contributed by atoms with Crippen LogP contribution in [0.4, 0.5) is 5.69 Å². The Kier molecular flexibility index (Phi) is 4.40. The first-order chi connectivity index (χ1) is 10.6. The van der Waals surface area contributed by atoms with Gasteiger partial charge in [0.05, 0.1) is 0 Å². The fourth-order valence-electron chi connectivity index (χ4n) is 2.98. The predicted molar refractivity (Wildman–Crippen MR) is 84.3 cm³/mol. The number of carbonyl (C=O) groups is 2. The summed E-state index contributed by atoms with van der Waals surface area (Å²) in [5.74, 6) is -1.01. The average molecular weight is 302 g/mol. The molecule has 1 N–H and O–H groups in total. The lowest BCUT2D eigenvalue weighted by atomic mass is 10.0. The Hall–Kier alpha value is -1.92. The molecule has 0 atom stereocenters. The molecule has 22 heavy (non-hydrogen) atoms. The lowest BCUT2D eigenvalue weighted by Gasteiger charge is -2.33. The van der Waals surface area contributed by atoms with Gasteiger partial charge in [0.2, 0.25) is 0 Å². The third-order valence-corrected chi connectivity index (χ3v) is 4.31. The highest BCUT2D eigenvalue weighted by Gasteiger charge is 2.28. The molecule has 1 fully saturated rings. The van der Waals surface area contributed by atoms with Crippen LogP contribution < -0.4 is 10.3 Å². The maximum atomic E-state index is 12.5. The molecule has 0 bridgehead atoms. The zero-order chi connectivity index (χ0) is 15.5. The number of hydrazine groups is 1. The minimum absolute atomic E-state index is 0.467. The molecule has 0 spiro atoms. The van der Waals surface area contributed by atoms with E-state index in [4.69, 9.17) is 0 Å². The Balaban J connectivity index is 1.65. The second kappa shape index (κ2) is 6.46. The first-order valence-corrected chi connectivity index (χ1v) is 7.79. The highest BCUT2D eigenvalue weighted by Crippen LogP contribution is 2.26. The van der Waals surface area contributed by atoms with Gasteiger partial charge in [-0.25, -0.2) is 5.01 Å². The van der Waals surface area contributed by atoms with Gasteiger partial charge in [-0.1, -0.05) is 18.2 Å². The van der Waals surface area contributed by atoms with Crippen LogP contribution in [0.25, 0.3) is 0 Å². The Morgan fingerprint density at radius 2 is 1.77 bits per heavy atom. The van der Waals surface area contributed by atoms with E-state index in [1.54, 1.807) is 4.90 Å². The van der Waals surface area contributed by atoms with E-state index in [-0.39, 0.29) is 0 Å². The number of para-hydroxylation sites is 1. The van der Waals surface area contributed by atoms with Gasteiger partial charge in [0.15, 0.2) is 0 Å². The molecule has 1 saturated heterocycles. The Labute approximate surface area is 130 Å². The van der Waals surface area contributed by atoms with E-state index in [2.05, 4.69) is 17.4 Å². The number of fused-ring (bicyclic) bond motifs is 1. The Morgan fingerprint density at radius 1 is 1.05 bits per heavy atom. The van der Waals surface area contributed by atoms with Crippen molar-refractivity contribution in [2.75, 3.05) is 44.7 Å². The summed E-state index contributed by atoms with van der Waals surface area (Å²) in [6, 6.07) is 7.81. The number of nitrogens with zero attached hydrogens (tertiary/aromatic N) is 3. The van der Waals surface area contributed by atoms with Crippen molar-refractivity contribution >= 4 is 17.5 Å². The molecule has 0 aromatic heterocycles. The molecular weight excluding hydrogens is 280 g/mol. The number of nitrogens with one attached hydrogen (secondary N) is 1. The number of hydrogen-bond donors (Lipinski definition) is 1. The van der Waals surface area contributed by atoms with Crippen LogP contribution in [0.1, 0.15) is 12.0 Å². The minimum Gasteiger partial charge on any atom is -0.304 e. The van der Waals surface area contributed by atoms with Crippen molar-refractivity contribution in [2.24, 2.45) is 0 Å². The molecule has 2 heterocycles. The van der Waals surface area contributed by atoms with E-state index in [0.29, 0.717) is 6.54 Å². The predicted octanol–water partition coefficient (Wildman–Crippen LogP) is 0.244. The normalized spacial score (nSPS) is 19.6. The van der Waals surface area contributed by atoms with Gasteiger partial charge in [0, 0.05) is 38.4 Å². The summed E-state index contributed by atoms with van der Waals surface area (Å²) in [4.78, 5) is 28.5. The molecule has 3 rings (SSSR count). The highest BCUT2D eigenvalue weighted by molar-refractivity contribution is 6.40. The van der Waals surface area contributed by atoms with E-state index in [1.807, 2.05) is 29.3 Å². The van der Waals surface area contributed by atoms with E-state index in [9.17, 15) is 9.59 Å². The van der Waals surface area contributed by atoms with Crippen LogP contribution >= 0.6 is 0 Å². The monoisotopic (exact) mass is 302 g/mol. The number of likely N-dealkylation sites (N-methyl/N-ethyl adjacent to an activating group) is 1. The van der Waals surface area contributed by atoms with Crippen LogP contribution in [0.15, 0.2) is 24.3 Å². The first kappa shape index (κ1) is 15.0. The maximum Gasteiger partial charge on any atom is 0.324 e. The van der Waals surface area contributed by atoms with Crippen molar-refractivity contribution in [3.8, 4) is 0 Å². The zero-order valence-electron chi connectivity index (χ0n) is 12.9. The molecule has 1 aromatic carbocycles. The number of carbonyl (C=O) groups excluding carboxylic acids is 2. The minimum atomic E-state index is -0.541. The second-order valence-electron chi connectivity index (χ2n) is 5.92. The van der Waals surface area contributed by atoms with Gasteiger partial charge < -0.3 is 9.80 Å². The number of amides is 2. The van der Waals surface area contributed by atoms with Gasteiger partial charge in [-0.3, -0.25) is 15.0 Å². The lowest BCUT2D eigenvalue weighted by Crippen LogP contribution is -2.56. The third kappa shape index (κ3) is 3.13. The van der Waals surface area contributed by atoms with Crippen LogP contribution in [0.3, 0.4) is 0 Å². The van der Waals surface area contributed by atoms with Crippen LogP contribution in [-0.2, 0) is 16.0 Å². The SMILES string of the molecule is CN1CCN(NC(=O)C(=O)N2CCCc3ccccc32)CC1. The number of benzene rings is 1. The Morgan fingerprint density at radius 3 is 2.55 bits per heavy atom. The van der Waals surface area contributed by atoms with Gasteiger partial charge >= 0.3 is 11.8 Å². The van der Waals surface area contributed by atoms with Gasteiger partial charge in [-0.2, -0.15) is 0 Å². The molecule has 6 heteroatoms. The molecule has 2 aliphatic heterocycles. The summed E-state index contributed by atoms with van der Waals surface area (Å²) in [5.41, 5.74) is 4.75. The average Bonchev–Trinajstić information content (AvgIpc) is 2.55. The molecule has 0 aliphatic carbocycles. The summed E-state index contributed by atoms with van der Waals surface area (Å²) in [5, 5.41) is 1.83. The standard InChI is InChI=1S/C16H22N4O2/c1-18-9-11-19(12-10-18)17-15(21)16(22)20-8-4-6-13-5-2-3-7-14(13)20/h2-3,5,7H,4,6,8-12H2,1H3,(H,17,21). The van der Waals surface area contributed by atoms with Crippen LogP contribution in [-0.4, -0.2) is 61.5 Å². The molecule has 118 valence electrons. The second-order valence-corrected chi connectivity index (χ2v) is 5.92. The van der Waals surface area contributed by atoms with Gasteiger partial charge in [-0.05, 0) is 31.5 Å². The summed E-state index contributed by atoms with van der Waals surface area (Å²) in [7, 11) is 2.05. The molecular formula is C16H22N4O2. The van der Waals surface area contributed by atoms with Crippen molar-refractivity contribution in [3.05, 3.63) is 29.8 Å². The van der Waals surface area contributed by atoms with E-state index in [1.165, 1.54) is 0 Å². The lowest BCUT2D eigenvalue weighted by molar-refractivity contribution is -0.141. The van der Waals surface area contributed by atoms with Crippen LogP contribution in [0.5, 0.6) is 0 Å². The molecule has 1 aromatic rings. The third-order valence-electron chi connectivity index (χ3n) is 4.31. The van der Waals surface area contributed by atoms with Gasteiger partial charge in [-0.15, -0.1) is 0 Å². The Bertz CT molecular complexity index is 567. The van der Waals surface area contributed by atoms with E-state index >= 15 is 0 Å². The van der Waals surface area contributed by atoms with Crippen molar-refractivity contribution in [1.82, 2.24) is 15.3 Å². The highest BCUT2D eigenvalue weighted by atomic mass is 16.2. The number of rotatable bonds is 1. The van der Waals surface area contributed by atoms with Gasteiger partial charge in [0.25, 0.3) is 0 Å². The van der Waals surface area contributed by atoms with Crippen LogP contribution in [0.2, 0.25) is 0 Å². The molecule has 2 amide bonds. The first-order valence-electron chi connectivity index (χ1n) is 7.79. The molecule has 0 radical (unpaired) electrons. The van der Waals surface area contributed by atoms with E-state index < -0.39 is 11.8 Å². The van der Waals surface area contributed by atoms with E-state index in [0.717, 1.165) is 50.3 Å². The number of piperazine rings is 1. The molecule has 6 nitrogen and oxygen atoms in total. The smallest absolute Gasteiger partial charge is 0.304 e. The van der Waals surface area contributed by atoms with Gasteiger partial charge in [0.1, 0.15) is 0 Å². The summed E-state index contributed by atoms with van der Waals surface area (Å²) >= 11 is 0. The largest absolute Gasteiger partial charge is 0.324 e. The zero-order valence-corrected chi connectivity index (χ0v) is 12.9. The number of aryl methyl sites for hydroxylation is 1. The van der Waals surface area contributed by atoms with Crippen molar-refractivity contribution < 1.29 is 9.59 Å². The van der Waals surface area contributed by atoms with Crippen molar-refractivity contribution in [2.45, 2.75) is 12.8 Å². The van der Waals surface area contributed by atoms with Crippen LogP contribution in [0, 0.1) is 0 Å². The maximum absolute atomic E-state index is 12.5. The van der Waals surface area contributed by atoms with Crippen molar-refractivity contribution in [3.63, 3.8) is 0 Å². The molecule has 0 unspecified atom stereocenters. The molecule has 0 saturated carbocycles. The summed E-state index contributed by atoms with van der Waals surface area (Å²) in [6.07, 6.45) is 1.85. The molecule has 2 aliphatic rings. The quantitative estimate of drug-likeness (QED) is 0.755. The fourth-order valence-corrected chi connectivity index (χ4v) is 2.98.